The molecular formula is C42H42FN7O3. The Balaban J connectivity index is 1.04. The van der Waals surface area contributed by atoms with Crippen molar-refractivity contribution in [2.75, 3.05) is 33.2 Å². The molecule has 3 aromatic heterocycles. The molecule has 2 aliphatic rings. The third kappa shape index (κ3) is 7.27. The van der Waals surface area contributed by atoms with Gasteiger partial charge < -0.3 is 10.2 Å². The number of fused-ring (bicyclic) bond motifs is 2. The molecule has 3 aromatic carbocycles. The lowest BCUT2D eigenvalue weighted by Gasteiger charge is -2.30. The first-order valence-electron chi connectivity index (χ1n) is 18.4. The standard InChI is InChI=1S/C42H42FN7O3/c1-47-18-5-19-48(21-20-47)27-28-10-12-29(13-11-28)30-8-4-9-36(22-30)49-39-37(24-33(43)26-45-39)41(52)50(42(49)53)35-16-14-34(15-17-35)46-40(51)38-23-31-6-2-3-7-32(31)25-44-38/h2-4,6-13,22-26,34-35H,5,14-21,27H2,1H3,(H,46,51)/t34-,35+. The van der Waals surface area contributed by atoms with Crippen molar-refractivity contribution in [1.29, 1.82) is 0 Å². The molecule has 0 bridgehead atoms. The number of carbonyl (C=O) groups is 1. The molecule has 1 aliphatic carbocycles. The Hall–Kier alpha value is -5.52. The summed E-state index contributed by atoms with van der Waals surface area (Å²) < 4.78 is 17.3. The van der Waals surface area contributed by atoms with Crippen LogP contribution in [0.25, 0.3) is 38.6 Å². The van der Waals surface area contributed by atoms with Crippen molar-refractivity contribution in [3.63, 3.8) is 0 Å². The summed E-state index contributed by atoms with van der Waals surface area (Å²) in [6, 6.07) is 26.2. The van der Waals surface area contributed by atoms with Gasteiger partial charge in [-0.05, 0) is 98.6 Å². The van der Waals surface area contributed by atoms with Crippen LogP contribution in [0.3, 0.4) is 0 Å². The molecule has 1 saturated carbocycles. The van der Waals surface area contributed by atoms with Crippen LogP contribution < -0.4 is 16.6 Å². The molecule has 6 aromatic rings. The number of hydrogen-bond acceptors (Lipinski definition) is 7. The molecular weight excluding hydrogens is 670 g/mol. The molecule has 270 valence electrons. The molecule has 1 saturated heterocycles. The lowest BCUT2D eigenvalue weighted by atomic mass is 9.90. The number of carbonyl (C=O) groups excluding carboxylic acids is 1. The van der Waals surface area contributed by atoms with E-state index < -0.39 is 23.1 Å². The zero-order chi connectivity index (χ0) is 36.5. The Morgan fingerprint density at radius 1 is 0.811 bits per heavy atom. The first-order valence-corrected chi connectivity index (χ1v) is 18.4. The summed E-state index contributed by atoms with van der Waals surface area (Å²) in [5.41, 5.74) is 3.04. The van der Waals surface area contributed by atoms with Crippen molar-refractivity contribution in [3.8, 4) is 16.8 Å². The number of amides is 1. The minimum Gasteiger partial charge on any atom is -0.348 e. The number of rotatable bonds is 7. The predicted octanol–water partition coefficient (Wildman–Crippen LogP) is 5.95. The third-order valence-corrected chi connectivity index (χ3v) is 10.8. The van der Waals surface area contributed by atoms with Gasteiger partial charge in [0.1, 0.15) is 11.5 Å². The van der Waals surface area contributed by atoms with E-state index in [1.807, 2.05) is 48.5 Å². The van der Waals surface area contributed by atoms with Crippen LogP contribution in [0.2, 0.25) is 0 Å². The van der Waals surface area contributed by atoms with E-state index in [-0.39, 0.29) is 23.0 Å². The smallest absolute Gasteiger partial charge is 0.337 e. The number of halogens is 1. The monoisotopic (exact) mass is 711 g/mol. The Kier molecular flexibility index (Phi) is 9.68. The summed E-state index contributed by atoms with van der Waals surface area (Å²) in [6.45, 7) is 5.22. The number of aromatic nitrogens is 4. The van der Waals surface area contributed by atoms with E-state index in [2.05, 4.69) is 56.4 Å². The van der Waals surface area contributed by atoms with Crippen LogP contribution in [0.1, 0.15) is 54.2 Å². The summed E-state index contributed by atoms with van der Waals surface area (Å²) in [5, 5.41) is 5.02. The summed E-state index contributed by atoms with van der Waals surface area (Å²) in [4.78, 5) is 54.9. The van der Waals surface area contributed by atoms with Crippen molar-refractivity contribution < 1.29 is 9.18 Å². The number of benzene rings is 3. The Morgan fingerprint density at radius 2 is 1.60 bits per heavy atom. The summed E-state index contributed by atoms with van der Waals surface area (Å²) in [6.07, 6.45) is 5.99. The van der Waals surface area contributed by atoms with Gasteiger partial charge in [-0.1, -0.05) is 60.7 Å². The van der Waals surface area contributed by atoms with Crippen LogP contribution in [0.4, 0.5) is 4.39 Å². The van der Waals surface area contributed by atoms with Gasteiger partial charge in [0.25, 0.3) is 11.5 Å². The van der Waals surface area contributed by atoms with Gasteiger partial charge in [0.15, 0.2) is 5.65 Å². The zero-order valence-electron chi connectivity index (χ0n) is 29.7. The van der Waals surface area contributed by atoms with E-state index in [0.29, 0.717) is 37.1 Å². The first kappa shape index (κ1) is 34.6. The molecule has 53 heavy (non-hydrogen) atoms. The van der Waals surface area contributed by atoms with E-state index in [1.54, 1.807) is 12.3 Å². The zero-order valence-corrected chi connectivity index (χ0v) is 29.7. The van der Waals surface area contributed by atoms with Crippen molar-refractivity contribution in [3.05, 3.63) is 135 Å². The van der Waals surface area contributed by atoms with E-state index in [1.165, 1.54) is 14.7 Å². The number of hydrogen-bond donors (Lipinski definition) is 1. The molecule has 1 amide bonds. The largest absolute Gasteiger partial charge is 0.348 e. The van der Waals surface area contributed by atoms with Crippen LogP contribution in [0.15, 0.2) is 107 Å². The van der Waals surface area contributed by atoms with Gasteiger partial charge in [0.2, 0.25) is 0 Å². The third-order valence-electron chi connectivity index (χ3n) is 10.8. The molecule has 0 unspecified atom stereocenters. The average molecular weight is 712 g/mol. The SMILES string of the molecule is CN1CCCN(Cc2ccc(-c3cccc(-n4c(=O)n([C@H]5CC[C@@H](NC(=O)c6cc7ccccc7cn6)CC5)c(=O)c5cc(F)cnc54)c3)cc2)CC1. The van der Waals surface area contributed by atoms with Gasteiger partial charge >= 0.3 is 5.69 Å². The van der Waals surface area contributed by atoms with E-state index in [0.717, 1.165) is 73.3 Å². The van der Waals surface area contributed by atoms with E-state index >= 15 is 0 Å². The van der Waals surface area contributed by atoms with Gasteiger partial charge in [-0.15, -0.1) is 0 Å². The Labute approximate surface area is 306 Å². The van der Waals surface area contributed by atoms with Crippen LogP contribution >= 0.6 is 0 Å². The first-order chi connectivity index (χ1) is 25.8. The van der Waals surface area contributed by atoms with Gasteiger partial charge in [-0.25, -0.2) is 18.7 Å². The molecule has 10 nitrogen and oxygen atoms in total. The van der Waals surface area contributed by atoms with E-state index in [4.69, 9.17) is 0 Å². The summed E-state index contributed by atoms with van der Waals surface area (Å²) in [7, 11) is 2.17. The van der Waals surface area contributed by atoms with Gasteiger partial charge in [-0.3, -0.25) is 24.0 Å². The highest BCUT2D eigenvalue weighted by Crippen LogP contribution is 2.29. The molecule has 0 radical (unpaired) electrons. The van der Waals surface area contributed by atoms with Crippen LogP contribution in [-0.4, -0.2) is 74.1 Å². The van der Waals surface area contributed by atoms with Gasteiger partial charge in [0, 0.05) is 43.3 Å². The fourth-order valence-corrected chi connectivity index (χ4v) is 7.83. The highest BCUT2D eigenvalue weighted by atomic mass is 19.1. The molecule has 0 spiro atoms. The van der Waals surface area contributed by atoms with E-state index in [9.17, 15) is 18.8 Å². The quantitative estimate of drug-likeness (QED) is 0.218. The molecule has 11 heteroatoms. The molecule has 2 fully saturated rings. The minimum absolute atomic E-state index is 0.0388. The second kappa shape index (κ2) is 14.8. The maximum Gasteiger partial charge on any atom is 0.337 e. The maximum atomic E-state index is 14.6. The van der Waals surface area contributed by atoms with Gasteiger partial charge in [-0.2, -0.15) is 0 Å². The lowest BCUT2D eigenvalue weighted by Crippen LogP contribution is -2.45. The van der Waals surface area contributed by atoms with Crippen LogP contribution in [0, 0.1) is 5.82 Å². The van der Waals surface area contributed by atoms with Gasteiger partial charge in [0.05, 0.1) is 17.3 Å². The van der Waals surface area contributed by atoms with Crippen LogP contribution in [0.5, 0.6) is 0 Å². The van der Waals surface area contributed by atoms with Crippen molar-refractivity contribution >= 4 is 27.7 Å². The van der Waals surface area contributed by atoms with Crippen molar-refractivity contribution in [2.24, 2.45) is 0 Å². The molecule has 0 atom stereocenters. The second-order valence-corrected chi connectivity index (χ2v) is 14.4. The Morgan fingerprint density at radius 3 is 2.42 bits per heavy atom. The van der Waals surface area contributed by atoms with Crippen molar-refractivity contribution in [1.82, 2.24) is 34.2 Å². The number of nitrogens with one attached hydrogen (secondary N) is 1. The van der Waals surface area contributed by atoms with Crippen molar-refractivity contribution in [2.45, 2.75) is 50.7 Å². The van der Waals surface area contributed by atoms with Crippen LogP contribution in [-0.2, 0) is 6.54 Å². The fourth-order valence-electron chi connectivity index (χ4n) is 7.83. The topological polar surface area (TPSA) is 105 Å². The maximum absolute atomic E-state index is 14.6. The second-order valence-electron chi connectivity index (χ2n) is 14.4. The Bertz CT molecular complexity index is 2420. The number of pyridine rings is 2. The minimum atomic E-state index is -0.652. The molecule has 8 rings (SSSR count). The highest BCUT2D eigenvalue weighted by Gasteiger charge is 2.28. The predicted molar refractivity (Wildman–Crippen MR) is 205 cm³/mol. The molecule has 1 aliphatic heterocycles. The number of nitrogens with zero attached hydrogens (tertiary/aromatic N) is 6. The normalized spacial score (nSPS) is 18.6. The molecule has 4 heterocycles. The summed E-state index contributed by atoms with van der Waals surface area (Å²) >= 11 is 0. The highest BCUT2D eigenvalue weighted by molar-refractivity contribution is 5.96. The lowest BCUT2D eigenvalue weighted by molar-refractivity contribution is 0.0917. The molecule has 1 N–H and O–H groups in total. The average Bonchev–Trinajstić information content (AvgIpc) is 3.39. The number of likely N-dealkylation sites (N-methyl/N-ethyl adjacent to an activating group) is 1. The fraction of sp³-hybridized carbons (Fsp3) is 0.310. The summed E-state index contributed by atoms with van der Waals surface area (Å²) in [5.74, 6) is -0.910.